The Kier molecular flexibility index (Phi) is 5.57. The minimum absolute atomic E-state index is 0.0153. The smallest absolute Gasteiger partial charge is 0.318 e. The van der Waals surface area contributed by atoms with Crippen LogP contribution >= 0.6 is 0 Å². The van der Waals surface area contributed by atoms with E-state index in [-0.39, 0.29) is 30.3 Å². The molecule has 1 aromatic heterocycles. The van der Waals surface area contributed by atoms with Crippen LogP contribution in [0.25, 0.3) is 0 Å². The Morgan fingerprint density at radius 3 is 2.00 bits per heavy atom. The van der Waals surface area contributed by atoms with E-state index in [4.69, 9.17) is 4.74 Å². The zero-order chi connectivity index (χ0) is 21.0. The molecule has 0 spiro atoms. The summed E-state index contributed by atoms with van der Waals surface area (Å²) in [5.41, 5.74) is 2.17. The molecule has 2 amide bonds. The molecule has 5 nitrogen and oxygen atoms in total. The summed E-state index contributed by atoms with van der Waals surface area (Å²) in [4.78, 5) is 19.8. The summed E-state index contributed by atoms with van der Waals surface area (Å²) < 4.78 is 6.11. The average Bonchev–Trinajstić information content (AvgIpc) is 3.10. The highest BCUT2D eigenvalue weighted by Crippen LogP contribution is 2.37. The number of urea groups is 1. The highest BCUT2D eigenvalue weighted by atomic mass is 16.5. The number of hydrogen-bond donors (Lipinski definition) is 1. The number of nitrogens with one attached hydrogen (secondary N) is 1. The maximum Gasteiger partial charge on any atom is 0.318 e. The van der Waals surface area contributed by atoms with Gasteiger partial charge < -0.3 is 15.0 Å². The number of benzene rings is 2. The largest absolute Gasteiger partial charge is 0.474 e. The monoisotopic (exact) mass is 413 g/mol. The van der Waals surface area contributed by atoms with Gasteiger partial charge in [0.25, 0.3) is 0 Å². The molecule has 2 bridgehead atoms. The van der Waals surface area contributed by atoms with Crippen molar-refractivity contribution in [3.8, 4) is 5.88 Å². The van der Waals surface area contributed by atoms with Crippen LogP contribution in [-0.4, -0.2) is 34.1 Å². The third-order valence-electron chi connectivity index (χ3n) is 6.38. The van der Waals surface area contributed by atoms with Crippen molar-refractivity contribution in [1.29, 1.82) is 0 Å². The van der Waals surface area contributed by atoms with Crippen LogP contribution in [0.2, 0.25) is 0 Å². The van der Waals surface area contributed by atoms with Gasteiger partial charge in [-0.2, -0.15) is 0 Å². The van der Waals surface area contributed by atoms with E-state index in [9.17, 15) is 4.79 Å². The minimum Gasteiger partial charge on any atom is -0.474 e. The molecule has 3 aromatic rings. The fourth-order valence-corrected chi connectivity index (χ4v) is 4.99. The molecule has 31 heavy (non-hydrogen) atoms. The van der Waals surface area contributed by atoms with Gasteiger partial charge in [-0.1, -0.05) is 66.7 Å². The quantitative estimate of drug-likeness (QED) is 0.644. The highest BCUT2D eigenvalue weighted by Gasteiger charge is 2.44. The molecular formula is C26H27N3O2. The lowest BCUT2D eigenvalue weighted by Crippen LogP contribution is -2.53. The summed E-state index contributed by atoms with van der Waals surface area (Å²) in [7, 11) is 0. The molecular weight excluding hydrogens is 386 g/mol. The van der Waals surface area contributed by atoms with Gasteiger partial charge in [-0.3, -0.25) is 0 Å². The third kappa shape index (κ3) is 4.26. The van der Waals surface area contributed by atoms with Crippen molar-refractivity contribution in [1.82, 2.24) is 15.2 Å². The molecule has 0 radical (unpaired) electrons. The van der Waals surface area contributed by atoms with Crippen LogP contribution in [0, 0.1) is 0 Å². The molecule has 2 fully saturated rings. The fourth-order valence-electron chi connectivity index (χ4n) is 4.99. The van der Waals surface area contributed by atoms with Gasteiger partial charge in [0.1, 0.15) is 6.10 Å². The number of carbonyl (C=O) groups excluding carboxylic acids is 1. The van der Waals surface area contributed by atoms with Gasteiger partial charge in [0.05, 0.1) is 6.04 Å². The predicted molar refractivity (Wildman–Crippen MR) is 120 cm³/mol. The third-order valence-corrected chi connectivity index (χ3v) is 6.38. The van der Waals surface area contributed by atoms with Gasteiger partial charge in [0, 0.05) is 37.2 Å². The molecule has 0 saturated carbocycles. The summed E-state index contributed by atoms with van der Waals surface area (Å²) in [6, 6.07) is 26.3. The van der Waals surface area contributed by atoms with Gasteiger partial charge in [0.15, 0.2) is 0 Å². The topological polar surface area (TPSA) is 54.5 Å². The minimum atomic E-state index is -0.170. The molecule has 5 rings (SSSR count). The van der Waals surface area contributed by atoms with E-state index >= 15 is 0 Å². The van der Waals surface area contributed by atoms with Crippen LogP contribution in [0.5, 0.6) is 5.88 Å². The predicted octanol–water partition coefficient (Wildman–Crippen LogP) is 4.96. The maximum atomic E-state index is 13.4. The van der Waals surface area contributed by atoms with E-state index in [1.165, 1.54) is 0 Å². The Labute approximate surface area is 183 Å². The molecule has 3 heterocycles. The van der Waals surface area contributed by atoms with E-state index in [1.807, 2.05) is 54.6 Å². The van der Waals surface area contributed by atoms with Crippen molar-refractivity contribution in [3.05, 3.63) is 96.2 Å². The van der Waals surface area contributed by atoms with Crippen LogP contribution in [0.4, 0.5) is 4.79 Å². The second-order valence-corrected chi connectivity index (χ2v) is 8.38. The number of carbonyl (C=O) groups is 1. The number of fused-ring (bicyclic) bond motifs is 2. The van der Waals surface area contributed by atoms with Crippen molar-refractivity contribution < 1.29 is 9.53 Å². The Balaban J connectivity index is 1.31. The molecule has 2 unspecified atom stereocenters. The Hall–Kier alpha value is -3.34. The highest BCUT2D eigenvalue weighted by molar-refractivity contribution is 5.76. The maximum absolute atomic E-state index is 13.4. The van der Waals surface area contributed by atoms with Gasteiger partial charge >= 0.3 is 6.03 Å². The number of aromatic nitrogens is 1. The second kappa shape index (κ2) is 8.80. The lowest BCUT2D eigenvalue weighted by atomic mass is 9.98. The summed E-state index contributed by atoms with van der Waals surface area (Å²) in [6.45, 7) is 0. The Morgan fingerprint density at radius 1 is 0.871 bits per heavy atom. The van der Waals surface area contributed by atoms with E-state index < -0.39 is 0 Å². The standard InChI is InChI=1S/C26H27N3O2/c30-26(28-25(19-9-3-1-4-10-19)20-11-5-2-6-12-20)29-21-14-15-22(29)18-23(17-21)31-24-13-7-8-16-27-24/h1-13,16,21-23,25H,14-15,17-18H2,(H,28,30). The first kappa shape index (κ1) is 19.6. The van der Waals surface area contributed by atoms with Crippen molar-refractivity contribution >= 4 is 6.03 Å². The van der Waals surface area contributed by atoms with Crippen LogP contribution in [0.3, 0.4) is 0 Å². The molecule has 5 heteroatoms. The van der Waals surface area contributed by atoms with Gasteiger partial charge in [0.2, 0.25) is 5.88 Å². The molecule has 2 saturated heterocycles. The second-order valence-electron chi connectivity index (χ2n) is 8.38. The van der Waals surface area contributed by atoms with E-state index in [0.29, 0.717) is 5.88 Å². The number of piperidine rings is 1. The Morgan fingerprint density at radius 2 is 1.45 bits per heavy atom. The van der Waals surface area contributed by atoms with Crippen LogP contribution in [0.15, 0.2) is 85.1 Å². The van der Waals surface area contributed by atoms with Crippen molar-refractivity contribution in [2.45, 2.75) is 49.9 Å². The summed E-state index contributed by atoms with van der Waals surface area (Å²) in [5, 5.41) is 3.32. The first-order valence-electron chi connectivity index (χ1n) is 11.0. The normalized spacial score (nSPS) is 22.4. The SMILES string of the molecule is O=C(NC(c1ccccc1)c1ccccc1)N1C2CCC1CC(Oc1ccccn1)C2. The summed E-state index contributed by atoms with van der Waals surface area (Å²) in [5.74, 6) is 0.665. The lowest BCUT2D eigenvalue weighted by molar-refractivity contribution is 0.0655. The fraction of sp³-hybridized carbons (Fsp3) is 0.308. The van der Waals surface area contributed by atoms with Gasteiger partial charge in [-0.05, 0) is 30.0 Å². The molecule has 2 atom stereocenters. The lowest BCUT2D eigenvalue weighted by Gasteiger charge is -2.39. The molecule has 2 aromatic carbocycles. The number of ether oxygens (including phenoxy) is 1. The average molecular weight is 414 g/mol. The van der Waals surface area contributed by atoms with Crippen molar-refractivity contribution in [2.24, 2.45) is 0 Å². The van der Waals surface area contributed by atoms with Crippen LogP contribution in [-0.2, 0) is 0 Å². The Bertz CT molecular complexity index is 943. The molecule has 2 aliphatic rings. The summed E-state index contributed by atoms with van der Waals surface area (Å²) in [6.07, 6.45) is 5.61. The molecule has 0 aliphatic carbocycles. The molecule has 2 aliphatic heterocycles. The molecule has 1 N–H and O–H groups in total. The zero-order valence-electron chi connectivity index (χ0n) is 17.4. The van der Waals surface area contributed by atoms with Crippen molar-refractivity contribution in [2.75, 3.05) is 0 Å². The zero-order valence-corrected chi connectivity index (χ0v) is 17.4. The van der Waals surface area contributed by atoms with E-state index in [0.717, 1.165) is 36.8 Å². The number of pyridine rings is 1. The van der Waals surface area contributed by atoms with Crippen molar-refractivity contribution in [3.63, 3.8) is 0 Å². The first-order valence-corrected chi connectivity index (χ1v) is 11.0. The molecule has 158 valence electrons. The summed E-state index contributed by atoms with van der Waals surface area (Å²) >= 11 is 0. The van der Waals surface area contributed by atoms with Gasteiger partial charge in [-0.25, -0.2) is 9.78 Å². The number of nitrogens with zero attached hydrogens (tertiary/aromatic N) is 2. The van der Waals surface area contributed by atoms with Crippen LogP contribution < -0.4 is 10.1 Å². The number of hydrogen-bond acceptors (Lipinski definition) is 3. The van der Waals surface area contributed by atoms with E-state index in [1.54, 1.807) is 6.20 Å². The van der Waals surface area contributed by atoms with E-state index in [2.05, 4.69) is 39.5 Å². The van der Waals surface area contributed by atoms with Crippen LogP contribution in [0.1, 0.15) is 42.9 Å². The first-order chi connectivity index (χ1) is 15.3. The van der Waals surface area contributed by atoms with Gasteiger partial charge in [-0.15, -0.1) is 0 Å². The number of amides is 2. The number of rotatable bonds is 5.